The van der Waals surface area contributed by atoms with Crippen molar-refractivity contribution in [3.05, 3.63) is 29.8 Å². The van der Waals surface area contributed by atoms with E-state index in [0.29, 0.717) is 11.7 Å². The highest BCUT2D eigenvalue weighted by molar-refractivity contribution is 5.49. The zero-order chi connectivity index (χ0) is 19.6. The van der Waals surface area contributed by atoms with Gasteiger partial charge in [0, 0.05) is 50.5 Å². The van der Waals surface area contributed by atoms with Crippen molar-refractivity contribution in [3.8, 4) is 0 Å². The van der Waals surface area contributed by atoms with E-state index in [0.717, 1.165) is 38.3 Å². The lowest BCUT2D eigenvalue weighted by Gasteiger charge is -2.46. The number of piperidine rings is 1. The van der Waals surface area contributed by atoms with Crippen LogP contribution in [-0.2, 0) is 6.18 Å². The van der Waals surface area contributed by atoms with Gasteiger partial charge in [0.05, 0.1) is 5.56 Å². The second-order valence-corrected chi connectivity index (χ2v) is 8.65. The highest BCUT2D eigenvalue weighted by Crippen LogP contribution is 2.32. The summed E-state index contributed by atoms with van der Waals surface area (Å²) in [6.07, 6.45) is 5.12. The maximum atomic E-state index is 13.0. The molecule has 1 saturated carbocycles. The number of rotatable bonds is 3. The molecule has 0 amide bonds. The van der Waals surface area contributed by atoms with Gasteiger partial charge < -0.3 is 4.90 Å². The first-order chi connectivity index (χ1) is 13.5. The lowest BCUT2D eigenvalue weighted by molar-refractivity contribution is -0.137. The van der Waals surface area contributed by atoms with Gasteiger partial charge in [0.25, 0.3) is 0 Å². The number of halogens is 3. The van der Waals surface area contributed by atoms with E-state index in [4.69, 9.17) is 0 Å². The normalized spacial score (nSPS) is 26.5. The standard InChI is InChI=1S/C22H32F3N3/c23-22(24,25)18-6-4-9-20(16-18)26-12-14-27(15-13-26)21-10-5-11-28(17-21)19-7-2-1-3-8-19/h4,6,9,16,19,21H,1-3,5,7-8,10-15,17H2/t21-/m1/s1. The number of alkyl halides is 3. The molecule has 1 aromatic rings. The Hall–Kier alpha value is -1.27. The summed E-state index contributed by atoms with van der Waals surface area (Å²) in [4.78, 5) is 7.42. The summed E-state index contributed by atoms with van der Waals surface area (Å²) in [5.74, 6) is 0. The maximum Gasteiger partial charge on any atom is 0.416 e. The molecule has 2 heterocycles. The number of nitrogens with zero attached hydrogens (tertiary/aromatic N) is 3. The molecule has 3 aliphatic rings. The quantitative estimate of drug-likeness (QED) is 0.739. The number of likely N-dealkylation sites (tertiary alicyclic amines) is 1. The molecule has 1 aromatic carbocycles. The minimum Gasteiger partial charge on any atom is -0.369 e. The minimum atomic E-state index is -4.28. The number of anilines is 1. The van der Waals surface area contributed by atoms with Crippen LogP contribution in [0.1, 0.15) is 50.5 Å². The molecule has 1 aliphatic carbocycles. The summed E-state index contributed by atoms with van der Waals surface area (Å²) in [6, 6.07) is 7.16. The molecule has 0 bridgehead atoms. The second-order valence-electron chi connectivity index (χ2n) is 8.65. The lowest BCUT2D eigenvalue weighted by atomic mass is 9.91. The summed E-state index contributed by atoms with van der Waals surface area (Å²) >= 11 is 0. The van der Waals surface area contributed by atoms with Crippen LogP contribution in [-0.4, -0.2) is 61.2 Å². The van der Waals surface area contributed by atoms with Crippen LogP contribution in [0.25, 0.3) is 0 Å². The lowest BCUT2D eigenvalue weighted by Crippen LogP contribution is -2.56. The van der Waals surface area contributed by atoms with Crippen LogP contribution in [0.5, 0.6) is 0 Å². The molecule has 1 atom stereocenters. The largest absolute Gasteiger partial charge is 0.416 e. The number of hydrogen-bond donors (Lipinski definition) is 0. The van der Waals surface area contributed by atoms with Gasteiger partial charge in [-0.3, -0.25) is 9.80 Å². The summed E-state index contributed by atoms with van der Waals surface area (Å²) in [7, 11) is 0. The van der Waals surface area contributed by atoms with E-state index in [1.54, 1.807) is 6.07 Å². The molecule has 4 rings (SSSR count). The van der Waals surface area contributed by atoms with E-state index >= 15 is 0 Å². The fraction of sp³-hybridized carbons (Fsp3) is 0.727. The molecule has 0 N–H and O–H groups in total. The van der Waals surface area contributed by atoms with Gasteiger partial charge in [0.2, 0.25) is 0 Å². The van der Waals surface area contributed by atoms with Crippen LogP contribution in [0, 0.1) is 0 Å². The second kappa shape index (κ2) is 8.62. The SMILES string of the molecule is FC(F)(F)c1cccc(N2CCN([C@@H]3CCCN(C4CCCCC4)C3)CC2)c1. The third-order valence-electron chi connectivity index (χ3n) is 6.89. The van der Waals surface area contributed by atoms with Crippen molar-refractivity contribution in [2.45, 2.75) is 63.2 Å². The number of piperazine rings is 1. The zero-order valence-corrected chi connectivity index (χ0v) is 16.6. The van der Waals surface area contributed by atoms with E-state index in [2.05, 4.69) is 14.7 Å². The molecule has 28 heavy (non-hydrogen) atoms. The van der Waals surface area contributed by atoms with Gasteiger partial charge in [0.1, 0.15) is 0 Å². The predicted octanol–water partition coefficient (Wildman–Crippen LogP) is 4.62. The van der Waals surface area contributed by atoms with Crippen LogP contribution >= 0.6 is 0 Å². The minimum absolute atomic E-state index is 0.553. The van der Waals surface area contributed by atoms with Crippen molar-refractivity contribution in [3.63, 3.8) is 0 Å². The highest BCUT2D eigenvalue weighted by atomic mass is 19.4. The van der Waals surface area contributed by atoms with Gasteiger partial charge in [-0.15, -0.1) is 0 Å². The van der Waals surface area contributed by atoms with Gasteiger partial charge >= 0.3 is 6.18 Å². The highest BCUT2D eigenvalue weighted by Gasteiger charge is 2.33. The van der Waals surface area contributed by atoms with Gasteiger partial charge in [0.15, 0.2) is 0 Å². The molecule has 0 radical (unpaired) electrons. The molecule has 156 valence electrons. The Bertz CT molecular complexity index is 634. The Morgan fingerprint density at radius 1 is 0.750 bits per heavy atom. The molecular formula is C22H32F3N3. The summed E-state index contributed by atoms with van der Waals surface area (Å²) in [5.41, 5.74) is 0.143. The average Bonchev–Trinajstić information content (AvgIpc) is 2.74. The van der Waals surface area contributed by atoms with Crippen molar-refractivity contribution in [2.24, 2.45) is 0 Å². The molecular weight excluding hydrogens is 363 g/mol. The smallest absolute Gasteiger partial charge is 0.369 e. The fourth-order valence-corrected chi connectivity index (χ4v) is 5.28. The zero-order valence-electron chi connectivity index (χ0n) is 16.6. The van der Waals surface area contributed by atoms with Crippen LogP contribution in [0.3, 0.4) is 0 Å². The molecule has 2 saturated heterocycles. The molecule has 6 heteroatoms. The van der Waals surface area contributed by atoms with E-state index in [-0.39, 0.29) is 0 Å². The van der Waals surface area contributed by atoms with Crippen LogP contribution in [0.15, 0.2) is 24.3 Å². The van der Waals surface area contributed by atoms with Crippen LogP contribution < -0.4 is 4.90 Å². The third-order valence-corrected chi connectivity index (χ3v) is 6.89. The van der Waals surface area contributed by atoms with E-state index < -0.39 is 11.7 Å². The van der Waals surface area contributed by atoms with E-state index in [1.807, 2.05) is 0 Å². The Kier molecular flexibility index (Phi) is 6.16. The average molecular weight is 396 g/mol. The summed E-state index contributed by atoms with van der Waals surface area (Å²) < 4.78 is 39.0. The number of hydrogen-bond acceptors (Lipinski definition) is 3. The van der Waals surface area contributed by atoms with Crippen molar-refractivity contribution >= 4 is 5.69 Å². The molecule has 0 spiro atoms. The Morgan fingerprint density at radius 3 is 2.18 bits per heavy atom. The molecule has 3 nitrogen and oxygen atoms in total. The molecule has 3 fully saturated rings. The van der Waals surface area contributed by atoms with Crippen molar-refractivity contribution in [1.29, 1.82) is 0 Å². The van der Waals surface area contributed by atoms with Crippen molar-refractivity contribution in [2.75, 3.05) is 44.2 Å². The van der Waals surface area contributed by atoms with Gasteiger partial charge in [-0.25, -0.2) is 0 Å². The number of benzene rings is 1. The van der Waals surface area contributed by atoms with Crippen LogP contribution in [0.2, 0.25) is 0 Å². The van der Waals surface area contributed by atoms with Crippen molar-refractivity contribution in [1.82, 2.24) is 9.80 Å². The summed E-state index contributed by atoms with van der Waals surface area (Å²) in [6.45, 7) is 5.92. The first kappa shape index (κ1) is 20.0. The van der Waals surface area contributed by atoms with Gasteiger partial charge in [-0.2, -0.15) is 13.2 Å². The molecule has 0 aromatic heterocycles. The topological polar surface area (TPSA) is 9.72 Å². The van der Waals surface area contributed by atoms with Crippen LogP contribution in [0.4, 0.5) is 18.9 Å². The molecule has 0 unspecified atom stereocenters. The summed E-state index contributed by atoms with van der Waals surface area (Å²) in [5, 5.41) is 0. The fourth-order valence-electron chi connectivity index (χ4n) is 5.28. The monoisotopic (exact) mass is 395 g/mol. The Balaban J connectivity index is 1.32. The third kappa shape index (κ3) is 4.65. The first-order valence-corrected chi connectivity index (χ1v) is 10.9. The molecule has 2 aliphatic heterocycles. The van der Waals surface area contributed by atoms with E-state index in [9.17, 15) is 13.2 Å². The maximum absolute atomic E-state index is 13.0. The van der Waals surface area contributed by atoms with Gasteiger partial charge in [-0.1, -0.05) is 25.3 Å². The van der Waals surface area contributed by atoms with Gasteiger partial charge in [-0.05, 0) is 50.4 Å². The van der Waals surface area contributed by atoms with Crippen molar-refractivity contribution < 1.29 is 13.2 Å². The first-order valence-electron chi connectivity index (χ1n) is 10.9. The Morgan fingerprint density at radius 2 is 1.46 bits per heavy atom. The Labute approximate surface area is 166 Å². The van der Waals surface area contributed by atoms with E-state index in [1.165, 1.54) is 70.2 Å². The predicted molar refractivity (Wildman–Crippen MR) is 107 cm³/mol.